The lowest BCUT2D eigenvalue weighted by Gasteiger charge is -2.33. The van der Waals surface area contributed by atoms with Gasteiger partial charge < -0.3 is 15.9 Å². The van der Waals surface area contributed by atoms with E-state index in [-0.39, 0.29) is 0 Å². The fraction of sp³-hybridized carbons (Fsp3) is 0.130. The van der Waals surface area contributed by atoms with Gasteiger partial charge in [0.15, 0.2) is 5.88 Å². The Morgan fingerprint density at radius 1 is 0.885 bits per heavy atom. The minimum atomic E-state index is -0.456. The van der Waals surface area contributed by atoms with Gasteiger partial charge in [0.1, 0.15) is 11.2 Å². The van der Waals surface area contributed by atoms with E-state index in [1.54, 1.807) is 0 Å². The number of hydrogen-bond acceptors (Lipinski definition) is 3. The van der Waals surface area contributed by atoms with Crippen LogP contribution in [-0.2, 0) is 5.41 Å². The monoisotopic (exact) mass is 340 g/mol. The first-order valence-corrected chi connectivity index (χ1v) is 8.93. The van der Waals surface area contributed by atoms with Gasteiger partial charge in [-0.25, -0.2) is 0 Å². The van der Waals surface area contributed by atoms with Crippen LogP contribution in [0.5, 0.6) is 0 Å². The zero-order valence-electron chi connectivity index (χ0n) is 14.4. The highest BCUT2D eigenvalue weighted by Gasteiger charge is 2.49. The van der Waals surface area contributed by atoms with E-state index in [1.165, 1.54) is 22.3 Å². The Morgan fingerprint density at radius 2 is 1.69 bits per heavy atom. The van der Waals surface area contributed by atoms with E-state index < -0.39 is 5.41 Å². The largest absolute Gasteiger partial charge is 0.444 e. The second-order valence-electron chi connectivity index (χ2n) is 6.95. The predicted octanol–water partition coefficient (Wildman–Crippen LogP) is 4.90. The third-order valence-corrected chi connectivity index (χ3v) is 5.58. The van der Waals surface area contributed by atoms with Crippen LogP contribution in [0.3, 0.4) is 0 Å². The quantitative estimate of drug-likeness (QED) is 0.652. The van der Waals surface area contributed by atoms with Crippen molar-refractivity contribution in [2.45, 2.75) is 18.3 Å². The van der Waals surface area contributed by atoms with Gasteiger partial charge in [-0.05, 0) is 58.9 Å². The van der Waals surface area contributed by atoms with Gasteiger partial charge in [0, 0.05) is 11.8 Å². The summed E-state index contributed by atoms with van der Waals surface area (Å²) in [5.41, 5.74) is 18.6. The lowest BCUT2D eigenvalue weighted by atomic mass is 9.68. The van der Waals surface area contributed by atoms with Crippen LogP contribution in [0.25, 0.3) is 5.57 Å². The maximum atomic E-state index is 6.05. The highest BCUT2D eigenvalue weighted by atomic mass is 16.4. The number of anilines is 2. The van der Waals surface area contributed by atoms with Crippen LogP contribution in [-0.4, -0.2) is 0 Å². The first-order valence-electron chi connectivity index (χ1n) is 8.93. The number of furan rings is 1. The first-order chi connectivity index (χ1) is 12.7. The normalized spacial score (nSPS) is 20.9. The minimum absolute atomic E-state index is 0.438. The van der Waals surface area contributed by atoms with Gasteiger partial charge in [0.25, 0.3) is 0 Å². The molecule has 0 saturated carbocycles. The summed E-state index contributed by atoms with van der Waals surface area (Å²) in [6.45, 7) is 0. The summed E-state index contributed by atoms with van der Waals surface area (Å²) in [5.74, 6) is 1.31. The van der Waals surface area contributed by atoms with Crippen molar-refractivity contribution in [3.05, 3.63) is 101 Å². The van der Waals surface area contributed by atoms with Crippen LogP contribution in [0.1, 0.15) is 35.3 Å². The van der Waals surface area contributed by atoms with Crippen LogP contribution in [0.2, 0.25) is 0 Å². The maximum absolute atomic E-state index is 6.05. The number of benzene rings is 2. The van der Waals surface area contributed by atoms with Crippen molar-refractivity contribution in [2.75, 3.05) is 11.5 Å². The zero-order chi connectivity index (χ0) is 17.7. The summed E-state index contributed by atoms with van der Waals surface area (Å²) in [6, 6.07) is 20.6. The molecular weight excluding hydrogens is 320 g/mol. The number of nitrogen functional groups attached to an aromatic ring is 2. The van der Waals surface area contributed by atoms with E-state index in [9.17, 15) is 0 Å². The summed E-state index contributed by atoms with van der Waals surface area (Å²) in [5, 5.41) is 0. The fourth-order valence-corrected chi connectivity index (χ4v) is 4.55. The van der Waals surface area contributed by atoms with Gasteiger partial charge in [0.05, 0.1) is 0 Å². The van der Waals surface area contributed by atoms with Crippen LogP contribution in [0.15, 0.2) is 82.8 Å². The van der Waals surface area contributed by atoms with Gasteiger partial charge in [-0.1, -0.05) is 48.6 Å². The SMILES string of the molecule is Nc1ccc(C2(c3ccc(N)o3)C3=C(C=CCC3)c3ccccc32)cc1. The molecule has 0 radical (unpaired) electrons. The van der Waals surface area contributed by atoms with Gasteiger partial charge in [0.2, 0.25) is 0 Å². The Kier molecular flexibility index (Phi) is 3.13. The summed E-state index contributed by atoms with van der Waals surface area (Å²) in [7, 11) is 0. The molecule has 1 heterocycles. The third-order valence-electron chi connectivity index (χ3n) is 5.58. The van der Waals surface area contributed by atoms with Crippen molar-refractivity contribution in [2.24, 2.45) is 0 Å². The van der Waals surface area contributed by atoms with E-state index in [4.69, 9.17) is 15.9 Å². The lowest BCUT2D eigenvalue weighted by molar-refractivity contribution is 0.469. The van der Waals surface area contributed by atoms with Gasteiger partial charge in [-0.15, -0.1) is 0 Å². The average molecular weight is 340 g/mol. The molecule has 4 N–H and O–H groups in total. The number of allylic oxidation sites excluding steroid dienone is 4. The number of nitrogens with two attached hydrogens (primary N) is 2. The topological polar surface area (TPSA) is 65.2 Å². The molecule has 5 rings (SSSR count). The maximum Gasteiger partial charge on any atom is 0.190 e. The predicted molar refractivity (Wildman–Crippen MR) is 106 cm³/mol. The molecule has 3 aromatic rings. The molecule has 2 aliphatic rings. The Hall–Kier alpha value is -3.20. The number of rotatable bonds is 2. The van der Waals surface area contributed by atoms with Crippen molar-refractivity contribution in [3.8, 4) is 0 Å². The summed E-state index contributed by atoms with van der Waals surface area (Å²) in [4.78, 5) is 0. The molecule has 0 spiro atoms. The Bertz CT molecular complexity index is 1060. The lowest BCUT2D eigenvalue weighted by Crippen LogP contribution is -2.29. The summed E-state index contributed by atoms with van der Waals surface area (Å²) < 4.78 is 6.05. The molecule has 0 bridgehead atoms. The molecule has 0 aliphatic heterocycles. The van der Waals surface area contributed by atoms with Crippen molar-refractivity contribution in [3.63, 3.8) is 0 Å². The molecule has 0 amide bonds. The molecule has 0 fully saturated rings. The molecular formula is C23H20N2O. The molecule has 26 heavy (non-hydrogen) atoms. The van der Waals surface area contributed by atoms with E-state index in [2.05, 4.69) is 48.6 Å². The van der Waals surface area contributed by atoms with Gasteiger partial charge in [-0.3, -0.25) is 0 Å². The number of hydrogen-bond donors (Lipinski definition) is 2. The first kappa shape index (κ1) is 15.1. The Labute approximate surface area is 152 Å². The van der Waals surface area contributed by atoms with Gasteiger partial charge in [-0.2, -0.15) is 0 Å². The Morgan fingerprint density at radius 3 is 2.46 bits per heavy atom. The molecule has 3 nitrogen and oxygen atoms in total. The smallest absolute Gasteiger partial charge is 0.190 e. The fourth-order valence-electron chi connectivity index (χ4n) is 4.55. The van der Waals surface area contributed by atoms with E-state index >= 15 is 0 Å². The molecule has 3 heteroatoms. The van der Waals surface area contributed by atoms with E-state index in [0.717, 1.165) is 29.9 Å². The van der Waals surface area contributed by atoms with E-state index in [1.807, 2.05) is 24.3 Å². The highest BCUT2D eigenvalue weighted by molar-refractivity contribution is 5.90. The molecule has 128 valence electrons. The minimum Gasteiger partial charge on any atom is -0.444 e. The highest BCUT2D eigenvalue weighted by Crippen LogP contribution is 2.57. The van der Waals surface area contributed by atoms with Crippen LogP contribution in [0, 0.1) is 0 Å². The van der Waals surface area contributed by atoms with E-state index in [0.29, 0.717) is 5.88 Å². The molecule has 1 unspecified atom stereocenters. The molecule has 2 aromatic carbocycles. The number of fused-ring (bicyclic) bond motifs is 2. The third kappa shape index (κ3) is 1.88. The van der Waals surface area contributed by atoms with Gasteiger partial charge >= 0.3 is 0 Å². The zero-order valence-corrected chi connectivity index (χ0v) is 14.4. The van der Waals surface area contributed by atoms with Crippen molar-refractivity contribution < 1.29 is 4.42 Å². The Balaban J connectivity index is 1.92. The van der Waals surface area contributed by atoms with Crippen LogP contribution in [0.4, 0.5) is 11.6 Å². The second-order valence-corrected chi connectivity index (χ2v) is 6.95. The molecule has 0 saturated heterocycles. The average Bonchev–Trinajstić information content (AvgIpc) is 3.23. The standard InChI is InChI=1S/C23H20N2O/c24-16-11-9-15(10-12-16)23(21-13-14-22(25)26-21)19-7-3-1-5-17(19)18-6-2-4-8-20(18)23/h1-3,5-7,9-14H,4,8,24-25H2. The van der Waals surface area contributed by atoms with Crippen molar-refractivity contribution in [1.82, 2.24) is 0 Å². The van der Waals surface area contributed by atoms with Crippen LogP contribution < -0.4 is 11.5 Å². The van der Waals surface area contributed by atoms with Crippen LogP contribution >= 0.6 is 0 Å². The summed E-state index contributed by atoms with van der Waals surface area (Å²) in [6.07, 6.45) is 6.53. The molecule has 1 aromatic heterocycles. The molecule has 1 atom stereocenters. The second kappa shape index (κ2) is 5.40. The van der Waals surface area contributed by atoms with Crippen molar-refractivity contribution in [1.29, 1.82) is 0 Å². The summed E-state index contributed by atoms with van der Waals surface area (Å²) >= 11 is 0. The molecule has 2 aliphatic carbocycles. The van der Waals surface area contributed by atoms with Crippen molar-refractivity contribution >= 4 is 17.1 Å².